The predicted molar refractivity (Wildman–Crippen MR) is 66.7 cm³/mol. The summed E-state index contributed by atoms with van der Waals surface area (Å²) in [4.78, 5) is 2.14. The first-order chi connectivity index (χ1) is 8.06. The second kappa shape index (κ2) is 4.80. The molecule has 0 aliphatic heterocycles. The molecule has 0 radical (unpaired) electrons. The minimum Gasteiger partial charge on any atom is -0.310 e. The molecule has 2 aromatic heterocycles. The highest BCUT2D eigenvalue weighted by atomic mass is 32.1. The smallest absolute Gasteiger partial charge is 0.198 e. The molecule has 0 N–H and O–H groups in total. The number of rotatable bonds is 4. The number of aromatic nitrogens is 5. The van der Waals surface area contributed by atoms with E-state index in [4.69, 9.17) is 12.2 Å². The standard InChI is InChI=1S/C10H16N6S/c1-13(5-9-4-11-15(3)6-9)8-16-10(17)14(2)7-12-16/h4,6-7H,5,8H2,1-3H3. The first kappa shape index (κ1) is 12.0. The first-order valence-corrected chi connectivity index (χ1v) is 5.71. The molecule has 0 fully saturated rings. The van der Waals surface area contributed by atoms with Gasteiger partial charge in [0.2, 0.25) is 0 Å². The zero-order valence-electron chi connectivity index (χ0n) is 10.2. The molecule has 2 aromatic rings. The maximum atomic E-state index is 5.23. The Morgan fingerprint density at radius 2 is 2.12 bits per heavy atom. The van der Waals surface area contributed by atoms with Gasteiger partial charge in [0, 0.05) is 32.4 Å². The van der Waals surface area contributed by atoms with Gasteiger partial charge in [0.1, 0.15) is 6.33 Å². The van der Waals surface area contributed by atoms with Crippen LogP contribution in [0.4, 0.5) is 0 Å². The number of nitrogens with zero attached hydrogens (tertiary/aromatic N) is 6. The third kappa shape index (κ3) is 2.80. The van der Waals surface area contributed by atoms with Crippen LogP contribution in [0.25, 0.3) is 0 Å². The molecule has 7 heteroatoms. The van der Waals surface area contributed by atoms with Crippen LogP contribution in [0.1, 0.15) is 5.56 Å². The summed E-state index contributed by atoms with van der Waals surface area (Å²) in [5.74, 6) is 0. The number of hydrogen-bond donors (Lipinski definition) is 0. The summed E-state index contributed by atoms with van der Waals surface area (Å²) in [6.07, 6.45) is 5.60. The molecule has 0 bridgehead atoms. The Labute approximate surface area is 105 Å². The van der Waals surface area contributed by atoms with Crippen molar-refractivity contribution in [3.8, 4) is 0 Å². The van der Waals surface area contributed by atoms with E-state index in [0.29, 0.717) is 6.67 Å². The molecule has 2 rings (SSSR count). The van der Waals surface area contributed by atoms with Gasteiger partial charge in [-0.2, -0.15) is 10.2 Å². The Balaban J connectivity index is 2.00. The molecule has 0 aliphatic rings. The minimum atomic E-state index is 0.675. The first-order valence-electron chi connectivity index (χ1n) is 5.31. The van der Waals surface area contributed by atoms with Crippen molar-refractivity contribution in [2.75, 3.05) is 7.05 Å². The summed E-state index contributed by atoms with van der Waals surface area (Å²) in [5.41, 5.74) is 1.18. The predicted octanol–water partition coefficient (Wildman–Crippen LogP) is 0.774. The topological polar surface area (TPSA) is 43.8 Å². The van der Waals surface area contributed by atoms with Crippen molar-refractivity contribution in [2.24, 2.45) is 14.1 Å². The van der Waals surface area contributed by atoms with Crippen LogP contribution >= 0.6 is 12.2 Å². The molecule has 0 amide bonds. The summed E-state index contributed by atoms with van der Waals surface area (Å²) in [6, 6.07) is 0. The Morgan fingerprint density at radius 3 is 2.65 bits per heavy atom. The van der Waals surface area contributed by atoms with Crippen molar-refractivity contribution in [1.82, 2.24) is 29.0 Å². The van der Waals surface area contributed by atoms with Crippen LogP contribution in [0.15, 0.2) is 18.7 Å². The van der Waals surface area contributed by atoms with E-state index in [1.165, 1.54) is 5.56 Å². The van der Waals surface area contributed by atoms with Crippen LogP contribution in [0.3, 0.4) is 0 Å². The van der Waals surface area contributed by atoms with Crippen molar-refractivity contribution in [2.45, 2.75) is 13.2 Å². The SMILES string of the molecule is CN(Cc1cnn(C)c1)Cn1ncn(C)c1=S. The Bertz CT molecular complexity index is 551. The fourth-order valence-electron chi connectivity index (χ4n) is 1.66. The summed E-state index contributed by atoms with van der Waals surface area (Å²) in [5, 5.41) is 8.36. The zero-order chi connectivity index (χ0) is 12.4. The lowest BCUT2D eigenvalue weighted by Gasteiger charge is -2.14. The van der Waals surface area contributed by atoms with Crippen molar-refractivity contribution < 1.29 is 0 Å². The summed E-state index contributed by atoms with van der Waals surface area (Å²) < 4.78 is 6.15. The molecule has 0 spiro atoms. The van der Waals surface area contributed by atoms with Gasteiger partial charge in [-0.1, -0.05) is 0 Å². The minimum absolute atomic E-state index is 0.675. The van der Waals surface area contributed by atoms with Crippen molar-refractivity contribution in [3.05, 3.63) is 29.1 Å². The van der Waals surface area contributed by atoms with Crippen molar-refractivity contribution in [1.29, 1.82) is 0 Å². The van der Waals surface area contributed by atoms with Crippen molar-refractivity contribution >= 4 is 12.2 Å². The van der Waals surface area contributed by atoms with Gasteiger partial charge in [-0.05, 0) is 19.3 Å². The van der Waals surface area contributed by atoms with Gasteiger partial charge in [0.15, 0.2) is 4.77 Å². The Kier molecular flexibility index (Phi) is 3.39. The van der Waals surface area contributed by atoms with E-state index in [1.807, 2.05) is 38.1 Å². The Morgan fingerprint density at radius 1 is 1.35 bits per heavy atom. The van der Waals surface area contributed by atoms with E-state index >= 15 is 0 Å². The maximum Gasteiger partial charge on any atom is 0.198 e. The second-order valence-corrected chi connectivity index (χ2v) is 4.57. The molecular weight excluding hydrogens is 236 g/mol. The van der Waals surface area contributed by atoms with Gasteiger partial charge in [-0.3, -0.25) is 9.58 Å². The van der Waals surface area contributed by atoms with E-state index in [1.54, 1.807) is 15.7 Å². The lowest BCUT2D eigenvalue weighted by Crippen LogP contribution is -2.22. The summed E-state index contributed by atoms with van der Waals surface area (Å²) in [7, 11) is 5.84. The molecule has 0 atom stereocenters. The third-order valence-corrected chi connectivity index (χ3v) is 2.97. The molecule has 0 saturated carbocycles. The van der Waals surface area contributed by atoms with Gasteiger partial charge in [-0.25, -0.2) is 4.68 Å². The average Bonchev–Trinajstić information content (AvgIpc) is 2.79. The Hall–Kier alpha value is -1.47. The molecule has 0 aromatic carbocycles. The normalized spacial score (nSPS) is 11.3. The van der Waals surface area contributed by atoms with Gasteiger partial charge >= 0.3 is 0 Å². The molecular formula is C10H16N6S. The molecule has 92 valence electrons. The third-order valence-electron chi connectivity index (χ3n) is 2.47. The molecule has 0 aliphatic carbocycles. The zero-order valence-corrected chi connectivity index (χ0v) is 11.1. The van der Waals surface area contributed by atoms with Crippen LogP contribution < -0.4 is 0 Å². The van der Waals surface area contributed by atoms with Crippen LogP contribution in [-0.4, -0.2) is 36.1 Å². The van der Waals surface area contributed by atoms with Crippen LogP contribution in [0.5, 0.6) is 0 Å². The summed E-state index contributed by atoms with van der Waals surface area (Å²) in [6.45, 7) is 1.50. The van der Waals surface area contributed by atoms with Crippen LogP contribution in [0.2, 0.25) is 0 Å². The van der Waals surface area contributed by atoms with Gasteiger partial charge in [0.05, 0.1) is 12.9 Å². The highest BCUT2D eigenvalue weighted by Crippen LogP contribution is 2.02. The van der Waals surface area contributed by atoms with Crippen LogP contribution in [0, 0.1) is 4.77 Å². The van der Waals surface area contributed by atoms with E-state index in [0.717, 1.165) is 11.3 Å². The van der Waals surface area contributed by atoms with E-state index in [2.05, 4.69) is 15.1 Å². The van der Waals surface area contributed by atoms with Gasteiger partial charge in [0.25, 0.3) is 0 Å². The quantitative estimate of drug-likeness (QED) is 0.754. The molecule has 17 heavy (non-hydrogen) atoms. The van der Waals surface area contributed by atoms with Gasteiger partial charge in [-0.15, -0.1) is 0 Å². The highest BCUT2D eigenvalue weighted by molar-refractivity contribution is 7.71. The van der Waals surface area contributed by atoms with Crippen LogP contribution in [-0.2, 0) is 27.3 Å². The molecule has 2 heterocycles. The maximum absolute atomic E-state index is 5.23. The fourth-order valence-corrected chi connectivity index (χ4v) is 1.81. The fraction of sp³-hybridized carbons (Fsp3) is 0.500. The molecule has 0 unspecified atom stereocenters. The second-order valence-electron chi connectivity index (χ2n) is 4.20. The number of hydrogen-bond acceptors (Lipinski definition) is 4. The highest BCUT2D eigenvalue weighted by Gasteiger charge is 2.05. The largest absolute Gasteiger partial charge is 0.310 e. The lowest BCUT2D eigenvalue weighted by molar-refractivity contribution is 0.244. The van der Waals surface area contributed by atoms with E-state index in [-0.39, 0.29) is 0 Å². The summed E-state index contributed by atoms with van der Waals surface area (Å²) >= 11 is 5.23. The number of aryl methyl sites for hydroxylation is 2. The monoisotopic (exact) mass is 252 g/mol. The van der Waals surface area contributed by atoms with E-state index in [9.17, 15) is 0 Å². The molecule has 6 nitrogen and oxygen atoms in total. The molecule has 0 saturated heterocycles. The van der Waals surface area contributed by atoms with Crippen molar-refractivity contribution in [3.63, 3.8) is 0 Å². The lowest BCUT2D eigenvalue weighted by atomic mass is 10.3. The van der Waals surface area contributed by atoms with Gasteiger partial charge < -0.3 is 4.57 Å². The average molecular weight is 252 g/mol. The van der Waals surface area contributed by atoms with E-state index < -0.39 is 0 Å².